The van der Waals surface area contributed by atoms with E-state index >= 15 is 0 Å². The molecule has 0 nitrogen and oxygen atoms in total. The molecule has 0 unspecified atom stereocenters. The van der Waals surface area contributed by atoms with Crippen LogP contribution < -0.4 is 0 Å². The summed E-state index contributed by atoms with van der Waals surface area (Å²) < 4.78 is 0. The Morgan fingerprint density at radius 1 is 0.306 bits per heavy atom. The molecule has 36 heavy (non-hydrogen) atoms. The standard InChI is InChI=1S/C28H18.C6H4Cl2/c1-5-13-23-19(9-1)17-20-10-2-6-14-24(20)27(23)28-25-15-7-3-11-21(25)18-22-12-4-8-16-26(22)28;7-5-3-1-2-4-6(5)8/h1-18H;1-4H. The third-order valence-corrected chi connectivity index (χ3v) is 7.37. The Morgan fingerprint density at radius 3 is 0.833 bits per heavy atom. The average molecular weight is 501 g/mol. The highest BCUT2D eigenvalue weighted by molar-refractivity contribution is 6.41. The maximum absolute atomic E-state index is 5.58. The van der Waals surface area contributed by atoms with E-state index in [4.69, 9.17) is 23.2 Å². The molecule has 172 valence electrons. The Balaban J connectivity index is 0.000000258. The van der Waals surface area contributed by atoms with Gasteiger partial charge in [0.25, 0.3) is 0 Å². The van der Waals surface area contributed by atoms with Crippen molar-refractivity contribution in [3.8, 4) is 11.1 Å². The molecular formula is C34H22Cl2. The van der Waals surface area contributed by atoms with Crippen molar-refractivity contribution in [1.82, 2.24) is 0 Å². The third kappa shape index (κ3) is 4.09. The molecule has 0 fully saturated rings. The Kier molecular flexibility index (Phi) is 6.07. The van der Waals surface area contributed by atoms with Crippen LogP contribution in [0.2, 0.25) is 10.0 Å². The fourth-order valence-corrected chi connectivity index (χ4v) is 5.28. The minimum Gasteiger partial charge on any atom is -0.0827 e. The van der Waals surface area contributed by atoms with Crippen LogP contribution in [0.1, 0.15) is 0 Å². The zero-order valence-electron chi connectivity index (χ0n) is 19.5. The summed E-state index contributed by atoms with van der Waals surface area (Å²) in [4.78, 5) is 0. The van der Waals surface area contributed by atoms with Gasteiger partial charge < -0.3 is 0 Å². The minimum absolute atomic E-state index is 0.606. The predicted octanol–water partition coefficient (Wildman–Crippen LogP) is 11.0. The number of hydrogen-bond donors (Lipinski definition) is 0. The molecule has 7 aromatic carbocycles. The summed E-state index contributed by atoms with van der Waals surface area (Å²) in [6.07, 6.45) is 0. The van der Waals surface area contributed by atoms with Gasteiger partial charge in [-0.3, -0.25) is 0 Å². The smallest absolute Gasteiger partial charge is 0.0592 e. The molecule has 7 aromatic rings. The molecule has 0 aliphatic heterocycles. The Bertz CT molecular complexity index is 1620. The van der Waals surface area contributed by atoms with E-state index in [-0.39, 0.29) is 0 Å². The van der Waals surface area contributed by atoms with Crippen LogP contribution in [-0.4, -0.2) is 0 Å². The Hall–Kier alpha value is -3.84. The number of hydrogen-bond acceptors (Lipinski definition) is 0. The molecular weight excluding hydrogens is 479 g/mol. The van der Waals surface area contributed by atoms with E-state index < -0.39 is 0 Å². The first-order valence-corrected chi connectivity index (χ1v) is 12.7. The van der Waals surface area contributed by atoms with Crippen molar-refractivity contribution in [1.29, 1.82) is 0 Å². The molecule has 0 saturated heterocycles. The molecule has 0 spiro atoms. The monoisotopic (exact) mass is 500 g/mol. The average Bonchev–Trinajstić information content (AvgIpc) is 2.93. The van der Waals surface area contributed by atoms with Gasteiger partial charge in [-0.05, 0) is 78.5 Å². The predicted molar refractivity (Wildman–Crippen MR) is 158 cm³/mol. The fraction of sp³-hybridized carbons (Fsp3) is 0. The highest BCUT2D eigenvalue weighted by atomic mass is 35.5. The fourth-order valence-electron chi connectivity index (χ4n) is 5.01. The third-order valence-electron chi connectivity index (χ3n) is 6.62. The molecule has 0 bridgehead atoms. The van der Waals surface area contributed by atoms with Gasteiger partial charge in [-0.15, -0.1) is 0 Å². The van der Waals surface area contributed by atoms with Gasteiger partial charge in [0.05, 0.1) is 10.0 Å². The molecule has 0 heterocycles. The van der Waals surface area contributed by atoms with Crippen LogP contribution in [0.3, 0.4) is 0 Å². The van der Waals surface area contributed by atoms with Crippen molar-refractivity contribution in [2.45, 2.75) is 0 Å². The van der Waals surface area contributed by atoms with Crippen molar-refractivity contribution in [3.05, 3.63) is 144 Å². The van der Waals surface area contributed by atoms with Gasteiger partial charge in [-0.2, -0.15) is 0 Å². The van der Waals surface area contributed by atoms with E-state index in [2.05, 4.69) is 109 Å². The van der Waals surface area contributed by atoms with Crippen LogP contribution >= 0.6 is 23.2 Å². The number of fused-ring (bicyclic) bond motifs is 4. The van der Waals surface area contributed by atoms with Gasteiger partial charge >= 0.3 is 0 Å². The molecule has 7 rings (SSSR count). The van der Waals surface area contributed by atoms with Gasteiger partial charge in [-0.25, -0.2) is 0 Å². The molecule has 2 heteroatoms. The zero-order valence-corrected chi connectivity index (χ0v) is 21.0. The molecule has 0 radical (unpaired) electrons. The summed E-state index contributed by atoms with van der Waals surface area (Å²) >= 11 is 11.2. The lowest BCUT2D eigenvalue weighted by Crippen LogP contribution is -1.89. The highest BCUT2D eigenvalue weighted by Gasteiger charge is 2.15. The quantitative estimate of drug-likeness (QED) is 0.196. The summed E-state index contributed by atoms with van der Waals surface area (Å²) in [6.45, 7) is 0. The van der Waals surface area contributed by atoms with Crippen LogP contribution in [0.5, 0.6) is 0 Å². The maximum Gasteiger partial charge on any atom is 0.0592 e. The SMILES string of the molecule is Clc1ccccc1Cl.c1ccc2c(-c3c4ccccc4cc4ccccc34)c3ccccc3cc2c1. The largest absolute Gasteiger partial charge is 0.0827 e. The second kappa shape index (κ2) is 9.66. The van der Waals surface area contributed by atoms with Gasteiger partial charge in [-0.1, -0.05) is 132 Å². The van der Waals surface area contributed by atoms with Crippen LogP contribution in [0.4, 0.5) is 0 Å². The van der Waals surface area contributed by atoms with E-state index in [0.29, 0.717) is 10.0 Å². The van der Waals surface area contributed by atoms with Crippen molar-refractivity contribution in [3.63, 3.8) is 0 Å². The summed E-state index contributed by atoms with van der Waals surface area (Å²) in [5.74, 6) is 0. The second-order valence-corrected chi connectivity index (χ2v) is 9.62. The Labute approximate surface area is 220 Å². The van der Waals surface area contributed by atoms with E-state index in [1.54, 1.807) is 12.1 Å². The lowest BCUT2D eigenvalue weighted by Gasteiger charge is -2.17. The molecule has 0 aliphatic rings. The number of rotatable bonds is 1. The molecule has 0 saturated carbocycles. The van der Waals surface area contributed by atoms with E-state index in [9.17, 15) is 0 Å². The summed E-state index contributed by atoms with van der Waals surface area (Å²) in [5, 5.41) is 11.6. The van der Waals surface area contributed by atoms with Crippen molar-refractivity contribution >= 4 is 66.3 Å². The molecule has 0 amide bonds. The van der Waals surface area contributed by atoms with E-state index in [1.165, 1.54) is 54.2 Å². The second-order valence-electron chi connectivity index (χ2n) is 8.80. The van der Waals surface area contributed by atoms with Gasteiger partial charge in [0, 0.05) is 0 Å². The van der Waals surface area contributed by atoms with Crippen molar-refractivity contribution in [2.75, 3.05) is 0 Å². The van der Waals surface area contributed by atoms with E-state index in [1.807, 2.05) is 12.1 Å². The topological polar surface area (TPSA) is 0 Å². The van der Waals surface area contributed by atoms with Gasteiger partial charge in [0.1, 0.15) is 0 Å². The molecule has 0 aliphatic carbocycles. The normalized spacial score (nSPS) is 11.1. The summed E-state index contributed by atoms with van der Waals surface area (Å²) in [7, 11) is 0. The van der Waals surface area contributed by atoms with Crippen LogP contribution in [0, 0.1) is 0 Å². The van der Waals surface area contributed by atoms with Crippen molar-refractivity contribution < 1.29 is 0 Å². The molecule has 0 N–H and O–H groups in total. The first-order valence-electron chi connectivity index (χ1n) is 11.9. The maximum atomic E-state index is 5.58. The van der Waals surface area contributed by atoms with Crippen LogP contribution in [0.25, 0.3) is 54.2 Å². The summed E-state index contributed by atoms with van der Waals surface area (Å²) in [6, 6.07) is 46.8. The lowest BCUT2D eigenvalue weighted by molar-refractivity contribution is 1.71. The first kappa shape index (κ1) is 22.6. The lowest BCUT2D eigenvalue weighted by atomic mass is 9.86. The zero-order chi connectivity index (χ0) is 24.5. The van der Waals surface area contributed by atoms with Crippen LogP contribution in [0.15, 0.2) is 133 Å². The van der Waals surface area contributed by atoms with E-state index in [0.717, 1.165) is 0 Å². The number of benzene rings is 7. The highest BCUT2D eigenvalue weighted by Crippen LogP contribution is 2.43. The number of halogens is 2. The molecule has 0 atom stereocenters. The first-order chi connectivity index (χ1) is 17.7. The Morgan fingerprint density at radius 2 is 0.556 bits per heavy atom. The van der Waals surface area contributed by atoms with Crippen molar-refractivity contribution in [2.24, 2.45) is 0 Å². The van der Waals surface area contributed by atoms with Gasteiger partial charge in [0.15, 0.2) is 0 Å². The minimum atomic E-state index is 0.606. The summed E-state index contributed by atoms with van der Waals surface area (Å²) in [5.41, 5.74) is 2.67. The van der Waals surface area contributed by atoms with Crippen LogP contribution in [-0.2, 0) is 0 Å². The van der Waals surface area contributed by atoms with Gasteiger partial charge in [0.2, 0.25) is 0 Å². The molecule has 0 aromatic heterocycles.